The van der Waals surface area contributed by atoms with Gasteiger partial charge in [0.2, 0.25) is 11.7 Å². The number of H-pyrrole nitrogens is 1. The standard InChI is InChI=1S/C11H11Br2N5O2/c12-5-4-6(15-7(5)13)8(19)18-3-1-2-11(20)9(18)16-10(14)17-11/h4,15,20H,1-3H2,(H2,14,17). The molecule has 3 rings (SSSR count). The molecule has 1 aromatic rings. The molecule has 2 aliphatic heterocycles. The molecule has 1 fully saturated rings. The Kier molecular flexibility index (Phi) is 3.22. The van der Waals surface area contributed by atoms with E-state index in [9.17, 15) is 9.90 Å². The summed E-state index contributed by atoms with van der Waals surface area (Å²) < 4.78 is 1.43. The lowest BCUT2D eigenvalue weighted by molar-refractivity contribution is 0.0608. The zero-order valence-corrected chi connectivity index (χ0v) is 13.4. The van der Waals surface area contributed by atoms with Gasteiger partial charge in [0, 0.05) is 13.0 Å². The summed E-state index contributed by atoms with van der Waals surface area (Å²) in [5, 5.41) is 10.4. The summed E-state index contributed by atoms with van der Waals surface area (Å²) in [6.45, 7) is 0.469. The lowest BCUT2D eigenvalue weighted by atomic mass is 10.0. The summed E-state index contributed by atoms with van der Waals surface area (Å²) in [6.07, 6.45) is 1.04. The number of halogens is 2. The van der Waals surface area contributed by atoms with Crippen LogP contribution >= 0.6 is 31.9 Å². The lowest BCUT2D eigenvalue weighted by Crippen LogP contribution is -2.53. The molecule has 106 valence electrons. The number of aromatic nitrogens is 1. The van der Waals surface area contributed by atoms with Crippen LogP contribution in [0.3, 0.4) is 0 Å². The second-order valence-electron chi connectivity index (χ2n) is 4.63. The highest BCUT2D eigenvalue weighted by Gasteiger charge is 2.46. The number of amidine groups is 1. The third-order valence-electron chi connectivity index (χ3n) is 3.24. The number of likely N-dealkylation sites (tertiary alicyclic amines) is 1. The number of rotatable bonds is 1. The highest BCUT2D eigenvalue weighted by Crippen LogP contribution is 2.30. The van der Waals surface area contributed by atoms with Crippen LogP contribution in [0, 0.1) is 0 Å². The van der Waals surface area contributed by atoms with Gasteiger partial charge in [-0.2, -0.15) is 4.99 Å². The molecule has 0 bridgehead atoms. The van der Waals surface area contributed by atoms with E-state index in [4.69, 9.17) is 5.73 Å². The number of aliphatic imine (C=N–C) groups is 2. The van der Waals surface area contributed by atoms with Gasteiger partial charge < -0.3 is 15.8 Å². The monoisotopic (exact) mass is 403 g/mol. The Morgan fingerprint density at radius 2 is 2.30 bits per heavy atom. The number of carbonyl (C=O) groups is 1. The first-order valence-corrected chi connectivity index (χ1v) is 7.52. The Morgan fingerprint density at radius 3 is 2.95 bits per heavy atom. The van der Waals surface area contributed by atoms with Crippen molar-refractivity contribution in [2.45, 2.75) is 18.6 Å². The van der Waals surface area contributed by atoms with Crippen LogP contribution in [-0.4, -0.2) is 45.0 Å². The van der Waals surface area contributed by atoms with Gasteiger partial charge in [-0.15, -0.1) is 0 Å². The van der Waals surface area contributed by atoms with E-state index in [-0.39, 0.29) is 17.7 Å². The molecule has 1 saturated heterocycles. The molecule has 2 aliphatic rings. The molecule has 1 unspecified atom stereocenters. The summed E-state index contributed by atoms with van der Waals surface area (Å²) in [6, 6.07) is 1.67. The van der Waals surface area contributed by atoms with Crippen LogP contribution < -0.4 is 5.73 Å². The third kappa shape index (κ3) is 2.09. The number of guanidine groups is 1. The number of hydrogen-bond donors (Lipinski definition) is 3. The third-order valence-corrected chi connectivity index (χ3v) is 5.02. The van der Waals surface area contributed by atoms with Crippen molar-refractivity contribution < 1.29 is 9.90 Å². The van der Waals surface area contributed by atoms with E-state index in [1.54, 1.807) is 6.07 Å². The summed E-state index contributed by atoms with van der Waals surface area (Å²) >= 11 is 6.60. The minimum Gasteiger partial charge on any atom is -0.368 e. The van der Waals surface area contributed by atoms with Crippen molar-refractivity contribution in [2.24, 2.45) is 15.7 Å². The molecule has 0 spiro atoms. The van der Waals surface area contributed by atoms with Gasteiger partial charge in [-0.25, -0.2) is 4.99 Å². The van der Waals surface area contributed by atoms with Crippen molar-refractivity contribution in [3.8, 4) is 0 Å². The largest absolute Gasteiger partial charge is 0.368 e. The first-order valence-electron chi connectivity index (χ1n) is 5.93. The van der Waals surface area contributed by atoms with E-state index in [1.807, 2.05) is 0 Å². The lowest BCUT2D eigenvalue weighted by Gasteiger charge is -2.34. The van der Waals surface area contributed by atoms with Crippen molar-refractivity contribution in [3.05, 3.63) is 20.8 Å². The zero-order valence-electron chi connectivity index (χ0n) is 10.2. The van der Waals surface area contributed by atoms with Crippen molar-refractivity contribution in [1.82, 2.24) is 9.88 Å². The number of piperidine rings is 1. The molecule has 20 heavy (non-hydrogen) atoms. The highest BCUT2D eigenvalue weighted by atomic mass is 79.9. The predicted molar refractivity (Wildman–Crippen MR) is 80.5 cm³/mol. The first-order chi connectivity index (χ1) is 9.40. The van der Waals surface area contributed by atoms with E-state index in [0.29, 0.717) is 29.7 Å². The van der Waals surface area contributed by atoms with Crippen LogP contribution in [0.25, 0.3) is 0 Å². The number of amides is 1. The van der Waals surface area contributed by atoms with Gasteiger partial charge in [-0.05, 0) is 44.3 Å². The normalized spacial score (nSPS) is 25.2. The Balaban J connectivity index is 1.94. The summed E-state index contributed by atoms with van der Waals surface area (Å²) in [5.74, 6) is -0.0812. The Hall–Kier alpha value is -1.19. The number of aromatic amines is 1. The van der Waals surface area contributed by atoms with Crippen LogP contribution in [0.15, 0.2) is 25.1 Å². The van der Waals surface area contributed by atoms with Crippen LogP contribution in [-0.2, 0) is 0 Å². The number of nitrogens with zero attached hydrogens (tertiary/aromatic N) is 3. The summed E-state index contributed by atoms with van der Waals surface area (Å²) in [7, 11) is 0. The van der Waals surface area contributed by atoms with Gasteiger partial charge in [0.25, 0.3) is 5.91 Å². The molecule has 3 heterocycles. The maximum Gasteiger partial charge on any atom is 0.275 e. The molecule has 7 nitrogen and oxygen atoms in total. The topological polar surface area (TPSA) is 107 Å². The van der Waals surface area contributed by atoms with Gasteiger partial charge in [0.1, 0.15) is 5.69 Å². The molecule has 0 saturated carbocycles. The minimum atomic E-state index is -1.47. The second-order valence-corrected chi connectivity index (χ2v) is 6.27. The van der Waals surface area contributed by atoms with Gasteiger partial charge in [-0.3, -0.25) is 9.69 Å². The number of nitrogens with two attached hydrogens (primary N) is 1. The highest BCUT2D eigenvalue weighted by molar-refractivity contribution is 9.13. The molecule has 4 N–H and O–H groups in total. The Bertz CT molecular complexity index is 634. The van der Waals surface area contributed by atoms with Crippen LogP contribution in [0.5, 0.6) is 0 Å². The van der Waals surface area contributed by atoms with Crippen LogP contribution in [0.2, 0.25) is 0 Å². The smallest absolute Gasteiger partial charge is 0.275 e. The summed E-state index contributed by atoms with van der Waals surface area (Å²) in [4.78, 5) is 24.8. The maximum absolute atomic E-state index is 12.5. The Morgan fingerprint density at radius 1 is 1.55 bits per heavy atom. The average molecular weight is 405 g/mol. The van der Waals surface area contributed by atoms with E-state index < -0.39 is 5.72 Å². The fourth-order valence-corrected chi connectivity index (χ4v) is 3.01. The number of aliphatic hydroxyl groups is 1. The van der Waals surface area contributed by atoms with Gasteiger partial charge in [-0.1, -0.05) is 0 Å². The summed E-state index contributed by atoms with van der Waals surface area (Å²) in [5.41, 5.74) is 4.47. The van der Waals surface area contributed by atoms with Crippen molar-refractivity contribution in [2.75, 3.05) is 6.54 Å². The van der Waals surface area contributed by atoms with Crippen LogP contribution in [0.4, 0.5) is 0 Å². The van der Waals surface area contributed by atoms with Crippen molar-refractivity contribution >= 4 is 49.6 Å². The van der Waals surface area contributed by atoms with E-state index in [0.717, 1.165) is 4.47 Å². The van der Waals surface area contributed by atoms with Gasteiger partial charge >= 0.3 is 0 Å². The van der Waals surface area contributed by atoms with Crippen molar-refractivity contribution in [3.63, 3.8) is 0 Å². The number of carbonyl (C=O) groups excluding carboxylic acids is 1. The zero-order chi connectivity index (χ0) is 14.5. The minimum absolute atomic E-state index is 0.00366. The molecule has 1 atom stereocenters. The van der Waals surface area contributed by atoms with Crippen LogP contribution in [0.1, 0.15) is 23.3 Å². The molecule has 0 aromatic carbocycles. The maximum atomic E-state index is 12.5. The first kappa shape index (κ1) is 13.8. The average Bonchev–Trinajstić information content (AvgIpc) is 2.87. The fourth-order valence-electron chi connectivity index (χ4n) is 2.36. The molecule has 0 aliphatic carbocycles. The molecular weight excluding hydrogens is 394 g/mol. The quantitative estimate of drug-likeness (QED) is 0.654. The number of nitrogens with one attached hydrogen (secondary N) is 1. The fraction of sp³-hybridized carbons (Fsp3) is 0.364. The van der Waals surface area contributed by atoms with Crippen molar-refractivity contribution in [1.29, 1.82) is 0 Å². The SMILES string of the molecule is NC1=NC2(O)CCCN(C(=O)c3cc(Br)c(Br)[nH]3)C2=N1. The predicted octanol–water partition coefficient (Wildman–Crippen LogP) is 1.19. The number of hydrogen-bond acceptors (Lipinski definition) is 5. The van der Waals surface area contributed by atoms with E-state index in [1.165, 1.54) is 4.90 Å². The van der Waals surface area contributed by atoms with Gasteiger partial charge in [0.15, 0.2) is 5.84 Å². The second kappa shape index (κ2) is 4.68. The molecular formula is C11H11Br2N5O2. The van der Waals surface area contributed by atoms with E-state index in [2.05, 4.69) is 46.8 Å². The molecule has 0 radical (unpaired) electrons. The van der Waals surface area contributed by atoms with E-state index >= 15 is 0 Å². The molecule has 1 amide bonds. The van der Waals surface area contributed by atoms with Gasteiger partial charge in [0.05, 0.1) is 9.08 Å². The Labute approximate surface area is 131 Å². The molecule has 1 aromatic heterocycles. The number of fused-ring (bicyclic) bond motifs is 1. The molecule has 9 heteroatoms.